The molecule has 1 nitrogen and oxygen atoms in total. The summed E-state index contributed by atoms with van der Waals surface area (Å²) in [7, 11) is 0. The van der Waals surface area contributed by atoms with Gasteiger partial charge in [-0.25, -0.2) is 0 Å². The Hall–Kier alpha value is -1.08. The molecule has 1 aromatic carbocycles. The first-order chi connectivity index (χ1) is 9.72. The summed E-state index contributed by atoms with van der Waals surface area (Å²) in [6, 6.07) is 13.2. The van der Waals surface area contributed by atoms with E-state index in [1.807, 2.05) is 0 Å². The molecule has 2 saturated heterocycles. The molecule has 0 aliphatic carbocycles. The Balaban J connectivity index is 1.91. The number of hydrogen-bond donors (Lipinski definition) is 0. The summed E-state index contributed by atoms with van der Waals surface area (Å²) >= 11 is 0. The Labute approximate surface area is 123 Å². The molecule has 2 aliphatic rings. The summed E-state index contributed by atoms with van der Waals surface area (Å²) in [4.78, 5) is 2.83. The zero-order valence-electron chi connectivity index (χ0n) is 12.9. The third-order valence-electron chi connectivity index (χ3n) is 5.30. The molecular weight excluding hydrogens is 242 g/mol. The van der Waals surface area contributed by atoms with Crippen LogP contribution in [0.2, 0.25) is 0 Å². The van der Waals surface area contributed by atoms with Crippen LogP contribution >= 0.6 is 0 Å². The monoisotopic (exact) mass is 269 g/mol. The second-order valence-corrected chi connectivity index (χ2v) is 6.63. The normalized spacial score (nSPS) is 34.2. The molecule has 20 heavy (non-hydrogen) atoms. The van der Waals surface area contributed by atoms with Gasteiger partial charge in [-0.1, -0.05) is 55.8 Å². The van der Waals surface area contributed by atoms with E-state index in [0.29, 0.717) is 12.0 Å². The summed E-state index contributed by atoms with van der Waals surface area (Å²) < 4.78 is 0. The SMILES string of the molecule is C=C1C[C@H](CCC)N2[C@H](CC[C@@H]2C)[C@H]1c1ccccc1. The maximum atomic E-state index is 4.46. The van der Waals surface area contributed by atoms with Gasteiger partial charge in [0.1, 0.15) is 0 Å². The molecule has 1 aromatic rings. The maximum Gasteiger partial charge on any atom is 0.0208 e. The van der Waals surface area contributed by atoms with Gasteiger partial charge in [-0.2, -0.15) is 0 Å². The van der Waals surface area contributed by atoms with Crippen molar-refractivity contribution in [2.75, 3.05) is 0 Å². The van der Waals surface area contributed by atoms with Gasteiger partial charge in [-0.05, 0) is 38.2 Å². The molecule has 0 spiro atoms. The molecular formula is C19H27N. The number of rotatable bonds is 3. The molecule has 1 heteroatoms. The minimum Gasteiger partial charge on any atom is -0.294 e. The van der Waals surface area contributed by atoms with Gasteiger partial charge in [0.25, 0.3) is 0 Å². The molecule has 0 radical (unpaired) electrons. The highest BCUT2D eigenvalue weighted by molar-refractivity contribution is 5.33. The topological polar surface area (TPSA) is 3.24 Å². The van der Waals surface area contributed by atoms with Crippen LogP contribution in [-0.2, 0) is 0 Å². The van der Waals surface area contributed by atoms with E-state index in [-0.39, 0.29) is 0 Å². The Morgan fingerprint density at radius 3 is 2.65 bits per heavy atom. The van der Waals surface area contributed by atoms with E-state index in [9.17, 15) is 0 Å². The van der Waals surface area contributed by atoms with Crippen molar-refractivity contribution in [1.29, 1.82) is 0 Å². The summed E-state index contributed by atoms with van der Waals surface area (Å²) in [6.07, 6.45) is 6.47. The highest BCUT2D eigenvalue weighted by Gasteiger charge is 2.44. The second kappa shape index (κ2) is 5.73. The molecule has 0 aromatic heterocycles. The number of benzene rings is 1. The van der Waals surface area contributed by atoms with Gasteiger partial charge >= 0.3 is 0 Å². The fourth-order valence-electron chi connectivity index (χ4n) is 4.52. The van der Waals surface area contributed by atoms with E-state index in [2.05, 4.69) is 55.7 Å². The van der Waals surface area contributed by atoms with E-state index in [1.54, 1.807) is 0 Å². The van der Waals surface area contributed by atoms with Crippen molar-refractivity contribution in [3.63, 3.8) is 0 Å². The second-order valence-electron chi connectivity index (χ2n) is 6.63. The molecule has 0 saturated carbocycles. The number of hydrogen-bond acceptors (Lipinski definition) is 1. The first-order valence-electron chi connectivity index (χ1n) is 8.22. The molecule has 2 heterocycles. The molecule has 0 N–H and O–H groups in total. The van der Waals surface area contributed by atoms with Gasteiger partial charge in [-0.3, -0.25) is 4.90 Å². The Bertz CT molecular complexity index is 464. The van der Waals surface area contributed by atoms with Crippen LogP contribution in [0.25, 0.3) is 0 Å². The molecule has 2 fully saturated rings. The zero-order chi connectivity index (χ0) is 14.1. The summed E-state index contributed by atoms with van der Waals surface area (Å²) in [5.41, 5.74) is 2.93. The minimum atomic E-state index is 0.550. The van der Waals surface area contributed by atoms with Crippen molar-refractivity contribution in [3.05, 3.63) is 48.0 Å². The van der Waals surface area contributed by atoms with Crippen molar-refractivity contribution in [2.45, 2.75) is 70.0 Å². The fourth-order valence-corrected chi connectivity index (χ4v) is 4.52. The standard InChI is InChI=1S/C19H27N/c1-4-8-17-13-14(2)19(16-9-6-5-7-10-16)18-12-11-15(3)20(17)18/h5-7,9-10,15,17-19H,2,4,8,11-13H2,1,3H3/t15-,17-,18+,19+/m0/s1. The molecule has 108 valence electrons. The van der Waals surface area contributed by atoms with Gasteiger partial charge in [0.05, 0.1) is 0 Å². The van der Waals surface area contributed by atoms with E-state index in [0.717, 1.165) is 12.1 Å². The minimum absolute atomic E-state index is 0.550. The van der Waals surface area contributed by atoms with Crippen LogP contribution in [-0.4, -0.2) is 23.0 Å². The van der Waals surface area contributed by atoms with Crippen LogP contribution in [0.3, 0.4) is 0 Å². The Morgan fingerprint density at radius 1 is 1.20 bits per heavy atom. The van der Waals surface area contributed by atoms with Crippen molar-refractivity contribution in [1.82, 2.24) is 4.90 Å². The lowest BCUT2D eigenvalue weighted by Crippen LogP contribution is -2.50. The van der Waals surface area contributed by atoms with E-state index in [4.69, 9.17) is 0 Å². The third kappa shape index (κ3) is 2.33. The number of piperidine rings is 1. The molecule has 0 unspecified atom stereocenters. The predicted octanol–water partition coefficient (Wildman–Crippen LogP) is 4.75. The van der Waals surface area contributed by atoms with Crippen molar-refractivity contribution in [2.24, 2.45) is 0 Å². The molecule has 0 bridgehead atoms. The predicted molar refractivity (Wildman–Crippen MR) is 86.0 cm³/mol. The highest BCUT2D eigenvalue weighted by Crippen LogP contribution is 2.46. The summed E-state index contributed by atoms with van der Waals surface area (Å²) in [5.74, 6) is 0.550. The average molecular weight is 269 g/mol. The quantitative estimate of drug-likeness (QED) is 0.716. The Morgan fingerprint density at radius 2 is 1.95 bits per heavy atom. The van der Waals surface area contributed by atoms with Crippen molar-refractivity contribution >= 4 is 0 Å². The molecule has 3 rings (SSSR count). The van der Waals surface area contributed by atoms with Crippen LogP contribution < -0.4 is 0 Å². The summed E-state index contributed by atoms with van der Waals surface area (Å²) in [6.45, 7) is 9.19. The maximum absolute atomic E-state index is 4.46. The van der Waals surface area contributed by atoms with Gasteiger partial charge < -0.3 is 0 Å². The first-order valence-corrected chi connectivity index (χ1v) is 8.22. The smallest absolute Gasteiger partial charge is 0.0208 e. The molecule has 2 aliphatic heterocycles. The van der Waals surface area contributed by atoms with Crippen LogP contribution in [0.15, 0.2) is 42.5 Å². The third-order valence-corrected chi connectivity index (χ3v) is 5.30. The molecule has 0 amide bonds. The lowest BCUT2D eigenvalue weighted by molar-refractivity contribution is 0.0926. The lowest BCUT2D eigenvalue weighted by Gasteiger charge is -2.46. The van der Waals surface area contributed by atoms with E-state index < -0.39 is 0 Å². The summed E-state index contributed by atoms with van der Waals surface area (Å²) in [5, 5.41) is 0. The molecule has 4 atom stereocenters. The van der Waals surface area contributed by atoms with Crippen molar-refractivity contribution in [3.8, 4) is 0 Å². The highest BCUT2D eigenvalue weighted by atomic mass is 15.2. The van der Waals surface area contributed by atoms with Crippen LogP contribution in [0.4, 0.5) is 0 Å². The van der Waals surface area contributed by atoms with Crippen LogP contribution in [0.1, 0.15) is 57.4 Å². The van der Waals surface area contributed by atoms with Gasteiger partial charge in [-0.15, -0.1) is 0 Å². The van der Waals surface area contributed by atoms with Gasteiger partial charge in [0, 0.05) is 24.0 Å². The number of nitrogens with zero attached hydrogens (tertiary/aromatic N) is 1. The van der Waals surface area contributed by atoms with E-state index >= 15 is 0 Å². The first kappa shape index (κ1) is 13.9. The largest absolute Gasteiger partial charge is 0.294 e. The average Bonchev–Trinajstić information content (AvgIpc) is 2.82. The van der Waals surface area contributed by atoms with Gasteiger partial charge in [0.15, 0.2) is 0 Å². The van der Waals surface area contributed by atoms with Crippen LogP contribution in [0, 0.1) is 0 Å². The van der Waals surface area contributed by atoms with Gasteiger partial charge in [0.2, 0.25) is 0 Å². The van der Waals surface area contributed by atoms with Crippen molar-refractivity contribution < 1.29 is 0 Å². The van der Waals surface area contributed by atoms with E-state index in [1.165, 1.54) is 43.2 Å². The Kier molecular flexibility index (Phi) is 3.98. The lowest BCUT2D eigenvalue weighted by atomic mass is 9.77. The zero-order valence-corrected chi connectivity index (χ0v) is 12.9. The van der Waals surface area contributed by atoms with Crippen LogP contribution in [0.5, 0.6) is 0 Å². The fraction of sp³-hybridized carbons (Fsp3) is 0.579. The number of fused-ring (bicyclic) bond motifs is 1.